The summed E-state index contributed by atoms with van der Waals surface area (Å²) < 4.78 is 5.31. The van der Waals surface area contributed by atoms with Crippen LogP contribution >= 0.6 is 0 Å². The zero-order chi connectivity index (χ0) is 13.0. The third kappa shape index (κ3) is 3.15. The summed E-state index contributed by atoms with van der Waals surface area (Å²) in [6.45, 7) is 2.48. The maximum atomic E-state index is 11.0. The Bertz CT molecular complexity index is 428. The molecule has 2 N–H and O–H groups in total. The number of anilines is 2. The van der Waals surface area contributed by atoms with Crippen LogP contribution in [-0.4, -0.2) is 19.6 Å². The summed E-state index contributed by atoms with van der Waals surface area (Å²) >= 11 is 0. The van der Waals surface area contributed by atoms with Crippen LogP contribution in [0.2, 0.25) is 0 Å². The first-order valence-corrected chi connectivity index (χ1v) is 6.38. The van der Waals surface area contributed by atoms with Crippen LogP contribution in [0.5, 0.6) is 5.75 Å². The number of nitrogens with one attached hydrogen (secondary N) is 2. The van der Waals surface area contributed by atoms with Gasteiger partial charge in [-0.1, -0.05) is 6.42 Å². The number of hydrogen-bond acceptors (Lipinski definition) is 3. The molecule has 18 heavy (non-hydrogen) atoms. The SMILES string of the molecule is COc1ccc(NC(C)=O)cc1NCC1CCC1. The molecule has 1 aliphatic rings. The Balaban J connectivity index is 2.05. The number of rotatable bonds is 5. The van der Waals surface area contributed by atoms with E-state index in [0.717, 1.165) is 29.6 Å². The van der Waals surface area contributed by atoms with Gasteiger partial charge in [-0.25, -0.2) is 0 Å². The fraction of sp³-hybridized carbons (Fsp3) is 0.500. The molecule has 0 spiro atoms. The minimum Gasteiger partial charge on any atom is -0.495 e. The van der Waals surface area contributed by atoms with Crippen LogP contribution in [0.15, 0.2) is 18.2 Å². The van der Waals surface area contributed by atoms with Crippen LogP contribution in [0.1, 0.15) is 26.2 Å². The van der Waals surface area contributed by atoms with E-state index in [1.807, 2.05) is 18.2 Å². The second kappa shape index (κ2) is 5.76. The predicted octanol–water partition coefficient (Wildman–Crippen LogP) is 2.87. The van der Waals surface area contributed by atoms with Gasteiger partial charge in [0.1, 0.15) is 5.75 Å². The first-order valence-electron chi connectivity index (χ1n) is 6.38. The number of amides is 1. The summed E-state index contributed by atoms with van der Waals surface area (Å²) in [4.78, 5) is 11.0. The lowest BCUT2D eigenvalue weighted by Gasteiger charge is -2.26. The molecule has 1 aliphatic carbocycles. The fourth-order valence-corrected chi connectivity index (χ4v) is 2.08. The molecule has 0 radical (unpaired) electrons. The number of methoxy groups -OCH3 is 1. The molecule has 0 bridgehead atoms. The first-order chi connectivity index (χ1) is 8.69. The van der Waals surface area contributed by atoms with Gasteiger partial charge in [0.15, 0.2) is 0 Å². The predicted molar refractivity (Wildman–Crippen MR) is 73.1 cm³/mol. The van der Waals surface area contributed by atoms with Crippen LogP contribution in [0.4, 0.5) is 11.4 Å². The Morgan fingerprint density at radius 3 is 2.78 bits per heavy atom. The molecule has 1 saturated carbocycles. The van der Waals surface area contributed by atoms with Gasteiger partial charge < -0.3 is 15.4 Å². The minimum absolute atomic E-state index is 0.0647. The van der Waals surface area contributed by atoms with Crippen molar-refractivity contribution in [1.29, 1.82) is 0 Å². The van der Waals surface area contributed by atoms with Gasteiger partial charge in [-0.2, -0.15) is 0 Å². The molecule has 2 rings (SSSR count). The van der Waals surface area contributed by atoms with Crippen molar-refractivity contribution >= 4 is 17.3 Å². The van der Waals surface area contributed by atoms with E-state index in [-0.39, 0.29) is 5.91 Å². The summed E-state index contributed by atoms with van der Waals surface area (Å²) in [6, 6.07) is 5.63. The van der Waals surface area contributed by atoms with Gasteiger partial charge in [-0.15, -0.1) is 0 Å². The average Bonchev–Trinajstić information content (AvgIpc) is 2.26. The monoisotopic (exact) mass is 248 g/mol. The van der Waals surface area contributed by atoms with Gasteiger partial charge in [0.05, 0.1) is 12.8 Å². The lowest BCUT2D eigenvalue weighted by atomic mass is 9.85. The molecule has 0 atom stereocenters. The van der Waals surface area contributed by atoms with Gasteiger partial charge in [-0.3, -0.25) is 4.79 Å². The fourth-order valence-electron chi connectivity index (χ4n) is 2.08. The standard InChI is InChI=1S/C14H20N2O2/c1-10(17)16-12-6-7-14(18-2)13(8-12)15-9-11-4-3-5-11/h6-8,11,15H,3-5,9H2,1-2H3,(H,16,17). The Morgan fingerprint density at radius 2 is 2.22 bits per heavy atom. The zero-order valence-corrected chi connectivity index (χ0v) is 11.0. The molecule has 0 heterocycles. The summed E-state index contributed by atoms with van der Waals surface area (Å²) in [7, 11) is 1.65. The quantitative estimate of drug-likeness (QED) is 0.842. The van der Waals surface area contributed by atoms with Crippen molar-refractivity contribution in [1.82, 2.24) is 0 Å². The van der Waals surface area contributed by atoms with Crippen LogP contribution in [0, 0.1) is 5.92 Å². The molecule has 4 heteroatoms. The summed E-state index contributed by atoms with van der Waals surface area (Å²) in [5, 5.41) is 6.18. The van der Waals surface area contributed by atoms with Gasteiger partial charge in [-0.05, 0) is 37.0 Å². The lowest BCUT2D eigenvalue weighted by molar-refractivity contribution is -0.114. The Morgan fingerprint density at radius 1 is 1.44 bits per heavy atom. The zero-order valence-electron chi connectivity index (χ0n) is 11.0. The van der Waals surface area contributed by atoms with Crippen molar-refractivity contribution in [2.75, 3.05) is 24.3 Å². The normalized spacial score (nSPS) is 14.8. The minimum atomic E-state index is -0.0647. The average molecular weight is 248 g/mol. The van der Waals surface area contributed by atoms with E-state index in [0.29, 0.717) is 0 Å². The largest absolute Gasteiger partial charge is 0.495 e. The van der Waals surface area contributed by atoms with E-state index >= 15 is 0 Å². The number of benzene rings is 1. The van der Waals surface area contributed by atoms with Crippen molar-refractivity contribution in [3.63, 3.8) is 0 Å². The maximum absolute atomic E-state index is 11.0. The van der Waals surface area contributed by atoms with Gasteiger partial charge in [0.25, 0.3) is 0 Å². The lowest BCUT2D eigenvalue weighted by Crippen LogP contribution is -2.21. The Kier molecular flexibility index (Phi) is 4.07. The Labute approximate surface area is 108 Å². The van der Waals surface area contributed by atoms with E-state index in [9.17, 15) is 4.79 Å². The van der Waals surface area contributed by atoms with Crippen molar-refractivity contribution in [3.05, 3.63) is 18.2 Å². The molecule has 0 aliphatic heterocycles. The molecule has 1 amide bonds. The van der Waals surface area contributed by atoms with E-state index in [2.05, 4.69) is 10.6 Å². The van der Waals surface area contributed by atoms with Crippen LogP contribution in [0.3, 0.4) is 0 Å². The molecule has 1 aromatic rings. The number of carbonyl (C=O) groups excluding carboxylic acids is 1. The van der Waals surface area contributed by atoms with E-state index in [1.165, 1.54) is 26.2 Å². The van der Waals surface area contributed by atoms with Crippen molar-refractivity contribution < 1.29 is 9.53 Å². The first kappa shape index (κ1) is 12.7. The molecule has 1 fully saturated rings. The molecule has 1 aromatic carbocycles. The van der Waals surface area contributed by atoms with E-state index in [4.69, 9.17) is 4.74 Å². The van der Waals surface area contributed by atoms with Crippen LogP contribution < -0.4 is 15.4 Å². The highest BCUT2D eigenvalue weighted by atomic mass is 16.5. The van der Waals surface area contributed by atoms with Gasteiger partial charge in [0.2, 0.25) is 5.91 Å². The third-order valence-corrected chi connectivity index (χ3v) is 3.33. The number of ether oxygens (including phenoxy) is 1. The van der Waals surface area contributed by atoms with Gasteiger partial charge >= 0.3 is 0 Å². The molecule has 0 unspecified atom stereocenters. The van der Waals surface area contributed by atoms with Gasteiger partial charge in [0, 0.05) is 19.2 Å². The number of carbonyl (C=O) groups is 1. The smallest absolute Gasteiger partial charge is 0.221 e. The molecule has 98 valence electrons. The van der Waals surface area contributed by atoms with Crippen molar-refractivity contribution in [3.8, 4) is 5.75 Å². The molecule has 0 saturated heterocycles. The molecule has 0 aromatic heterocycles. The second-order valence-electron chi connectivity index (χ2n) is 4.77. The highest BCUT2D eigenvalue weighted by Gasteiger charge is 2.17. The van der Waals surface area contributed by atoms with E-state index < -0.39 is 0 Å². The Hall–Kier alpha value is -1.71. The summed E-state index contributed by atoms with van der Waals surface area (Å²) in [5.74, 6) is 1.52. The third-order valence-electron chi connectivity index (χ3n) is 3.33. The summed E-state index contributed by atoms with van der Waals surface area (Å²) in [6.07, 6.45) is 3.96. The van der Waals surface area contributed by atoms with Crippen molar-refractivity contribution in [2.45, 2.75) is 26.2 Å². The van der Waals surface area contributed by atoms with E-state index in [1.54, 1.807) is 7.11 Å². The maximum Gasteiger partial charge on any atom is 0.221 e. The van der Waals surface area contributed by atoms with Crippen LogP contribution in [0.25, 0.3) is 0 Å². The number of hydrogen-bond donors (Lipinski definition) is 2. The topological polar surface area (TPSA) is 50.4 Å². The highest BCUT2D eigenvalue weighted by molar-refractivity contribution is 5.89. The molecular weight excluding hydrogens is 228 g/mol. The second-order valence-corrected chi connectivity index (χ2v) is 4.77. The molecular formula is C14H20N2O2. The van der Waals surface area contributed by atoms with Crippen LogP contribution in [-0.2, 0) is 4.79 Å². The highest BCUT2D eigenvalue weighted by Crippen LogP contribution is 2.31. The molecule has 4 nitrogen and oxygen atoms in total. The van der Waals surface area contributed by atoms with Crippen molar-refractivity contribution in [2.24, 2.45) is 5.92 Å². The summed E-state index contributed by atoms with van der Waals surface area (Å²) in [5.41, 5.74) is 1.73.